The van der Waals surface area contributed by atoms with E-state index in [1.54, 1.807) is 18.2 Å². The Morgan fingerprint density at radius 1 is 1.30 bits per heavy atom. The maximum Gasteiger partial charge on any atom is 0.163 e. The van der Waals surface area contributed by atoms with E-state index in [0.717, 1.165) is 15.8 Å². The number of terminal acetylenes is 1. The minimum absolute atomic E-state index is 0.363. The van der Waals surface area contributed by atoms with Crippen molar-refractivity contribution in [3.63, 3.8) is 0 Å². The molecular weight excluding hydrogens is 268 g/mol. The Morgan fingerprint density at radius 3 is 2.90 bits per heavy atom. The summed E-state index contributed by atoms with van der Waals surface area (Å²) < 4.78 is 0. The first kappa shape index (κ1) is 12.2. The number of nitrogen functional groups attached to an aromatic ring is 1. The van der Waals surface area contributed by atoms with E-state index in [4.69, 9.17) is 17.4 Å². The molecule has 2 N–H and O–H groups in total. The number of rotatable bonds is 1. The van der Waals surface area contributed by atoms with E-state index in [1.807, 2.05) is 11.4 Å². The fourth-order valence-electron chi connectivity index (χ4n) is 1.93. The molecule has 0 saturated heterocycles. The van der Waals surface area contributed by atoms with Crippen molar-refractivity contribution >= 4 is 27.4 Å². The van der Waals surface area contributed by atoms with Gasteiger partial charge in [-0.2, -0.15) is 5.26 Å². The Kier molecular flexibility index (Phi) is 2.83. The van der Waals surface area contributed by atoms with Gasteiger partial charge in [0.1, 0.15) is 10.6 Å². The van der Waals surface area contributed by atoms with Gasteiger partial charge in [-0.15, -0.1) is 17.8 Å². The van der Waals surface area contributed by atoms with Crippen LogP contribution in [-0.2, 0) is 0 Å². The van der Waals surface area contributed by atoms with Crippen LogP contribution in [0, 0.1) is 23.7 Å². The molecule has 0 atom stereocenters. The molecule has 0 aliphatic heterocycles. The van der Waals surface area contributed by atoms with Crippen molar-refractivity contribution in [2.75, 3.05) is 5.73 Å². The number of hydrogen-bond acceptors (Lipinski definition) is 5. The number of fused-ring (bicyclic) bond motifs is 1. The Labute approximate surface area is 119 Å². The van der Waals surface area contributed by atoms with Gasteiger partial charge in [-0.25, -0.2) is 9.97 Å². The number of hydrogen-bond donors (Lipinski definition) is 1. The van der Waals surface area contributed by atoms with Gasteiger partial charge in [0.2, 0.25) is 0 Å². The molecule has 3 aromatic rings. The second-order valence-electron chi connectivity index (χ2n) is 4.10. The molecule has 0 radical (unpaired) electrons. The molecule has 0 amide bonds. The molecule has 0 unspecified atom stereocenters. The molecule has 0 aliphatic rings. The second kappa shape index (κ2) is 4.65. The fraction of sp³-hybridized carbons (Fsp3) is 0. The maximum atomic E-state index is 8.93. The average Bonchev–Trinajstić information content (AvgIpc) is 2.91. The summed E-state index contributed by atoms with van der Waals surface area (Å²) in [6.07, 6.45) is 5.43. The molecule has 0 fully saturated rings. The van der Waals surface area contributed by atoms with E-state index in [0.29, 0.717) is 22.8 Å². The van der Waals surface area contributed by atoms with Crippen LogP contribution in [0.15, 0.2) is 29.6 Å². The summed E-state index contributed by atoms with van der Waals surface area (Å²) in [5.74, 6) is 3.44. The van der Waals surface area contributed by atoms with E-state index >= 15 is 0 Å². The molecule has 1 aromatic carbocycles. The summed E-state index contributed by atoms with van der Waals surface area (Å²) in [6.45, 7) is 0. The van der Waals surface area contributed by atoms with Crippen LogP contribution in [0.3, 0.4) is 0 Å². The Balaban J connectivity index is 2.23. The first-order chi connectivity index (χ1) is 9.72. The lowest BCUT2D eigenvalue weighted by Gasteiger charge is -2.03. The van der Waals surface area contributed by atoms with Crippen molar-refractivity contribution in [1.29, 1.82) is 5.26 Å². The van der Waals surface area contributed by atoms with E-state index in [1.165, 1.54) is 11.3 Å². The smallest absolute Gasteiger partial charge is 0.163 e. The zero-order valence-electron chi connectivity index (χ0n) is 10.3. The Morgan fingerprint density at radius 2 is 2.15 bits per heavy atom. The number of aromatic nitrogens is 2. The molecule has 4 nitrogen and oxygen atoms in total. The highest BCUT2D eigenvalue weighted by Gasteiger charge is 2.12. The van der Waals surface area contributed by atoms with E-state index in [2.05, 4.69) is 22.0 Å². The minimum Gasteiger partial charge on any atom is -0.383 e. The van der Waals surface area contributed by atoms with Crippen molar-refractivity contribution in [3.05, 3.63) is 40.8 Å². The summed E-state index contributed by atoms with van der Waals surface area (Å²) in [4.78, 5) is 9.52. The van der Waals surface area contributed by atoms with Crippen LogP contribution in [0.4, 0.5) is 5.82 Å². The minimum atomic E-state index is 0.363. The summed E-state index contributed by atoms with van der Waals surface area (Å²) >= 11 is 1.43. The molecule has 0 saturated carbocycles. The summed E-state index contributed by atoms with van der Waals surface area (Å²) in [5, 5.41) is 11.5. The van der Waals surface area contributed by atoms with E-state index < -0.39 is 0 Å². The van der Waals surface area contributed by atoms with Gasteiger partial charge in [-0.05, 0) is 12.1 Å². The van der Waals surface area contributed by atoms with Crippen molar-refractivity contribution in [3.8, 4) is 29.8 Å². The zero-order valence-corrected chi connectivity index (χ0v) is 11.1. The van der Waals surface area contributed by atoms with Crippen molar-refractivity contribution < 1.29 is 0 Å². The molecule has 5 heteroatoms. The van der Waals surface area contributed by atoms with Crippen LogP contribution < -0.4 is 5.73 Å². The lowest BCUT2D eigenvalue weighted by atomic mass is 10.1. The fourth-order valence-corrected chi connectivity index (χ4v) is 2.82. The normalized spacial score (nSPS) is 10.1. The van der Waals surface area contributed by atoms with Gasteiger partial charge in [0, 0.05) is 16.5 Å². The van der Waals surface area contributed by atoms with Gasteiger partial charge in [0.25, 0.3) is 0 Å². The van der Waals surface area contributed by atoms with Gasteiger partial charge >= 0.3 is 0 Å². The average molecular weight is 276 g/mol. The quantitative estimate of drug-likeness (QED) is 0.693. The summed E-state index contributed by atoms with van der Waals surface area (Å²) in [5.41, 5.74) is 8.00. The molecule has 0 spiro atoms. The molecule has 94 valence electrons. The summed E-state index contributed by atoms with van der Waals surface area (Å²) in [6, 6.07) is 9.19. The molecule has 20 heavy (non-hydrogen) atoms. The van der Waals surface area contributed by atoms with E-state index in [9.17, 15) is 0 Å². The number of benzene rings is 1. The number of nitrogens with zero attached hydrogens (tertiary/aromatic N) is 3. The predicted octanol–water partition coefficient (Wildman–Crippen LogP) is 2.79. The van der Waals surface area contributed by atoms with Gasteiger partial charge in [-0.1, -0.05) is 18.1 Å². The van der Waals surface area contributed by atoms with Crippen molar-refractivity contribution in [2.45, 2.75) is 0 Å². The Bertz CT molecular complexity index is 896. The molecule has 2 aromatic heterocycles. The van der Waals surface area contributed by atoms with Crippen LogP contribution in [0.2, 0.25) is 0 Å². The van der Waals surface area contributed by atoms with E-state index in [-0.39, 0.29) is 0 Å². The third-order valence-corrected chi connectivity index (χ3v) is 3.74. The lowest BCUT2D eigenvalue weighted by molar-refractivity contribution is 1.24. The van der Waals surface area contributed by atoms with Crippen molar-refractivity contribution in [2.24, 2.45) is 0 Å². The number of thiophene rings is 1. The monoisotopic (exact) mass is 276 g/mol. The van der Waals surface area contributed by atoms with Gasteiger partial charge in [-0.3, -0.25) is 0 Å². The molecule has 0 aliphatic carbocycles. The maximum absolute atomic E-state index is 8.93. The zero-order chi connectivity index (χ0) is 14.1. The lowest BCUT2D eigenvalue weighted by Crippen LogP contribution is -1.97. The first-order valence-electron chi connectivity index (χ1n) is 5.75. The summed E-state index contributed by atoms with van der Waals surface area (Å²) in [7, 11) is 0. The first-order valence-corrected chi connectivity index (χ1v) is 6.62. The van der Waals surface area contributed by atoms with Gasteiger partial charge in [0.05, 0.1) is 17.0 Å². The third kappa shape index (κ3) is 1.87. The van der Waals surface area contributed by atoms with Crippen molar-refractivity contribution in [1.82, 2.24) is 9.97 Å². The number of nitrogens with two attached hydrogens (primary N) is 1. The standard InChI is InChI=1S/C15H8N4S/c1-2-10-8-20-15-12(10)13(17)18-14(19-15)11-5-3-4-9(6-11)7-16/h1,3-6,8H,(H2,17,18,19). The highest BCUT2D eigenvalue weighted by Crippen LogP contribution is 2.30. The van der Waals surface area contributed by atoms with Crippen LogP contribution in [0.5, 0.6) is 0 Å². The highest BCUT2D eigenvalue weighted by atomic mass is 32.1. The van der Waals surface area contributed by atoms with Gasteiger partial charge < -0.3 is 5.73 Å². The molecule has 3 rings (SSSR count). The molecule has 2 heterocycles. The largest absolute Gasteiger partial charge is 0.383 e. The van der Waals surface area contributed by atoms with Crippen LogP contribution in [0.25, 0.3) is 21.6 Å². The molecular formula is C15H8N4S. The Hall–Kier alpha value is -2.89. The SMILES string of the molecule is C#Cc1csc2nc(-c3cccc(C#N)c3)nc(N)c12. The number of nitriles is 1. The van der Waals surface area contributed by atoms with Crippen LogP contribution >= 0.6 is 11.3 Å². The third-order valence-electron chi connectivity index (χ3n) is 2.87. The second-order valence-corrected chi connectivity index (χ2v) is 4.96. The topological polar surface area (TPSA) is 75.6 Å². The highest BCUT2D eigenvalue weighted by molar-refractivity contribution is 7.17. The van der Waals surface area contributed by atoms with Gasteiger partial charge in [0.15, 0.2) is 5.82 Å². The predicted molar refractivity (Wildman–Crippen MR) is 79.9 cm³/mol. The van der Waals surface area contributed by atoms with Crippen LogP contribution in [-0.4, -0.2) is 9.97 Å². The van der Waals surface area contributed by atoms with Crippen LogP contribution in [0.1, 0.15) is 11.1 Å². The number of anilines is 1. The molecule has 0 bridgehead atoms.